The molecule has 0 N–H and O–H groups in total. The molecule has 3 rings (SSSR count). The second kappa shape index (κ2) is 24.3. The summed E-state index contributed by atoms with van der Waals surface area (Å²) in [6.07, 6.45) is 17.4. The van der Waals surface area contributed by atoms with Crippen molar-refractivity contribution in [2.75, 3.05) is 0 Å². The molecule has 0 spiro atoms. The molecule has 0 bridgehead atoms. The maximum absolute atomic E-state index is 9.06. The lowest BCUT2D eigenvalue weighted by Crippen LogP contribution is -2.44. The normalized spacial score (nSPS) is 12.4. The first-order valence-electron chi connectivity index (χ1n) is 19.4. The molecule has 0 aliphatic heterocycles. The number of rotatable bonds is 17. The van der Waals surface area contributed by atoms with Crippen molar-refractivity contribution in [2.24, 2.45) is 0 Å². The SMILES string of the molecule is CCCCCCCC.CCCCCCCC.[C-]#[N+]c1ccc(C[C@@H](c2nnc(-c3ccc(C#N)cc3)o2)[C@H](C)O[Si](C)(C)C(C)(C)C)c(C)c1Cl. The van der Waals surface area contributed by atoms with E-state index in [2.05, 4.69) is 89.6 Å². The van der Waals surface area contributed by atoms with Crippen LogP contribution in [0, 0.1) is 24.8 Å². The van der Waals surface area contributed by atoms with Crippen LogP contribution < -0.4 is 0 Å². The Labute approximate surface area is 317 Å². The van der Waals surface area contributed by atoms with E-state index in [0.717, 1.165) is 16.7 Å². The number of halogens is 1. The van der Waals surface area contributed by atoms with Crippen LogP contribution in [0.2, 0.25) is 23.2 Å². The molecule has 6 nitrogen and oxygen atoms in total. The Morgan fingerprint density at radius 1 is 0.863 bits per heavy atom. The third kappa shape index (κ3) is 16.1. The van der Waals surface area contributed by atoms with E-state index in [-0.39, 0.29) is 17.1 Å². The molecular weight excluding hydrogens is 668 g/mol. The molecule has 0 amide bonds. The molecule has 2 aromatic carbocycles. The van der Waals surface area contributed by atoms with Crippen molar-refractivity contribution >= 4 is 25.6 Å². The number of nitrogens with zero attached hydrogens (tertiary/aromatic N) is 4. The van der Waals surface area contributed by atoms with E-state index in [9.17, 15) is 0 Å². The van der Waals surface area contributed by atoms with Gasteiger partial charge in [-0.15, -0.1) is 10.2 Å². The van der Waals surface area contributed by atoms with Gasteiger partial charge in [-0.2, -0.15) is 5.26 Å². The summed E-state index contributed by atoms with van der Waals surface area (Å²) in [4.78, 5) is 3.51. The topological polar surface area (TPSA) is 76.3 Å². The Hall–Kier alpha value is -2.97. The minimum absolute atomic E-state index is 0.0464. The van der Waals surface area contributed by atoms with E-state index in [1.165, 1.54) is 77.0 Å². The van der Waals surface area contributed by atoms with Gasteiger partial charge in [0.25, 0.3) is 0 Å². The molecule has 2 atom stereocenters. The highest BCUT2D eigenvalue weighted by Crippen LogP contribution is 2.40. The van der Waals surface area contributed by atoms with Gasteiger partial charge >= 0.3 is 0 Å². The Kier molecular flexibility index (Phi) is 21.9. The van der Waals surface area contributed by atoms with Crippen LogP contribution in [0.15, 0.2) is 40.8 Å². The zero-order valence-electron chi connectivity index (χ0n) is 33.8. The highest BCUT2D eigenvalue weighted by Gasteiger charge is 2.41. The van der Waals surface area contributed by atoms with Gasteiger partial charge in [0.1, 0.15) is 0 Å². The van der Waals surface area contributed by atoms with Crippen molar-refractivity contribution in [3.05, 3.63) is 75.4 Å². The highest BCUT2D eigenvalue weighted by atomic mass is 35.5. The summed E-state index contributed by atoms with van der Waals surface area (Å²) < 4.78 is 12.9. The molecule has 0 radical (unpaired) electrons. The molecular formula is C43H67ClN4O2Si. The van der Waals surface area contributed by atoms with Gasteiger partial charge in [0.2, 0.25) is 17.5 Å². The molecule has 8 heteroatoms. The average molecular weight is 736 g/mol. The van der Waals surface area contributed by atoms with Gasteiger partial charge in [-0.25, -0.2) is 4.85 Å². The summed E-state index contributed by atoms with van der Waals surface area (Å²) in [6, 6.07) is 12.9. The van der Waals surface area contributed by atoms with Gasteiger partial charge in [-0.1, -0.05) is 149 Å². The predicted octanol–water partition coefficient (Wildman–Crippen LogP) is 14.6. The molecule has 0 fully saturated rings. The van der Waals surface area contributed by atoms with Crippen LogP contribution in [0.3, 0.4) is 0 Å². The van der Waals surface area contributed by atoms with Crippen molar-refractivity contribution < 1.29 is 8.84 Å². The first-order chi connectivity index (χ1) is 24.2. The van der Waals surface area contributed by atoms with E-state index in [1.807, 2.05) is 13.0 Å². The fourth-order valence-electron chi connectivity index (χ4n) is 5.33. The summed E-state index contributed by atoms with van der Waals surface area (Å²) in [5.74, 6) is 0.671. The number of benzene rings is 2. The summed E-state index contributed by atoms with van der Waals surface area (Å²) >= 11 is 6.47. The van der Waals surface area contributed by atoms with E-state index >= 15 is 0 Å². The van der Waals surface area contributed by atoms with E-state index in [4.69, 9.17) is 32.3 Å². The van der Waals surface area contributed by atoms with Crippen LogP contribution in [0.4, 0.5) is 5.69 Å². The monoisotopic (exact) mass is 734 g/mol. The maximum Gasteiger partial charge on any atom is 0.247 e. The van der Waals surface area contributed by atoms with Crippen LogP contribution in [-0.2, 0) is 10.8 Å². The molecule has 0 unspecified atom stereocenters. The van der Waals surface area contributed by atoms with Crippen molar-refractivity contribution in [1.82, 2.24) is 10.2 Å². The number of aromatic nitrogens is 2. The smallest absolute Gasteiger partial charge is 0.247 e. The minimum atomic E-state index is -2.07. The quantitative estimate of drug-likeness (QED) is 0.0784. The Balaban J connectivity index is 0.000000673. The van der Waals surface area contributed by atoms with Crippen LogP contribution in [-0.4, -0.2) is 24.6 Å². The Morgan fingerprint density at radius 3 is 1.80 bits per heavy atom. The van der Waals surface area contributed by atoms with Gasteiger partial charge < -0.3 is 8.84 Å². The maximum atomic E-state index is 9.06. The first kappa shape index (κ1) is 46.0. The number of nitriles is 1. The summed E-state index contributed by atoms with van der Waals surface area (Å²) in [6.45, 7) is 31.4. The van der Waals surface area contributed by atoms with Crippen LogP contribution in [0.5, 0.6) is 0 Å². The summed E-state index contributed by atoms with van der Waals surface area (Å²) in [5.41, 5.74) is 3.64. The third-order valence-electron chi connectivity index (χ3n) is 9.82. The predicted molar refractivity (Wildman–Crippen MR) is 219 cm³/mol. The Bertz CT molecular complexity index is 1460. The highest BCUT2D eigenvalue weighted by molar-refractivity contribution is 6.74. The van der Waals surface area contributed by atoms with Gasteiger partial charge in [-0.05, 0) is 73.8 Å². The fourth-order valence-corrected chi connectivity index (χ4v) is 7.00. The molecule has 1 heterocycles. The lowest BCUT2D eigenvalue weighted by molar-refractivity contribution is 0.154. The fraction of sp³-hybridized carbons (Fsp3) is 0.628. The molecule has 3 aromatic rings. The van der Waals surface area contributed by atoms with Gasteiger partial charge in [-0.3, -0.25) is 0 Å². The molecule has 0 saturated carbocycles. The van der Waals surface area contributed by atoms with Crippen molar-refractivity contribution in [3.8, 4) is 17.5 Å². The minimum Gasteiger partial charge on any atom is -0.420 e. The number of unbranched alkanes of at least 4 members (excludes halogenated alkanes) is 10. The average Bonchev–Trinajstić information content (AvgIpc) is 3.59. The molecule has 1 aromatic heterocycles. The lowest BCUT2D eigenvalue weighted by atomic mass is 9.92. The van der Waals surface area contributed by atoms with E-state index < -0.39 is 8.32 Å². The van der Waals surface area contributed by atoms with Crippen LogP contribution >= 0.6 is 11.6 Å². The van der Waals surface area contributed by atoms with Gasteiger partial charge in [0.05, 0.1) is 35.2 Å². The molecule has 51 heavy (non-hydrogen) atoms. The van der Waals surface area contributed by atoms with E-state index in [0.29, 0.717) is 34.5 Å². The second-order valence-corrected chi connectivity index (χ2v) is 20.3. The van der Waals surface area contributed by atoms with Crippen LogP contribution in [0.1, 0.15) is 161 Å². The van der Waals surface area contributed by atoms with Gasteiger partial charge in [0.15, 0.2) is 8.32 Å². The van der Waals surface area contributed by atoms with Crippen molar-refractivity contribution in [3.63, 3.8) is 0 Å². The first-order valence-corrected chi connectivity index (χ1v) is 22.7. The van der Waals surface area contributed by atoms with E-state index in [1.54, 1.807) is 30.3 Å². The van der Waals surface area contributed by atoms with Gasteiger partial charge in [0, 0.05) is 5.56 Å². The summed E-state index contributed by atoms with van der Waals surface area (Å²) in [7, 11) is -2.07. The largest absolute Gasteiger partial charge is 0.420 e. The second-order valence-electron chi connectivity index (χ2n) is 15.2. The number of hydrogen-bond donors (Lipinski definition) is 0. The number of hydrogen-bond acceptors (Lipinski definition) is 5. The third-order valence-corrected chi connectivity index (χ3v) is 14.9. The van der Waals surface area contributed by atoms with Crippen molar-refractivity contribution in [2.45, 2.75) is 176 Å². The molecule has 0 aliphatic carbocycles. The standard InChI is InChI=1S/C27H31ClN4O2Si.2C8H18/c1-17-21(13-14-23(30-6)24(17)28)15-22(18(2)34-35(7,8)27(3,4)5)26-32-31-25(33-26)20-11-9-19(16-29)10-12-20;2*1-3-5-7-8-6-4-2/h9-14,18,22H,15H2,1-5,7-8H3;2*3-8H2,1-2H3/t18-,22+;;/m0../s1. The van der Waals surface area contributed by atoms with Crippen molar-refractivity contribution in [1.29, 1.82) is 5.26 Å². The lowest BCUT2D eigenvalue weighted by Gasteiger charge is -2.40. The van der Waals surface area contributed by atoms with Crippen LogP contribution in [0.25, 0.3) is 16.3 Å². The molecule has 0 aliphatic rings. The zero-order valence-corrected chi connectivity index (χ0v) is 35.6. The molecule has 0 saturated heterocycles. The molecule has 282 valence electrons. The summed E-state index contributed by atoms with van der Waals surface area (Å²) in [5, 5.41) is 18.3. The zero-order chi connectivity index (χ0) is 38.5. The Morgan fingerprint density at radius 2 is 1.37 bits per heavy atom.